The van der Waals surface area contributed by atoms with E-state index in [1.807, 2.05) is 17.0 Å². The molecule has 1 aromatic carbocycles. The Morgan fingerprint density at radius 2 is 1.80 bits per heavy atom. The van der Waals surface area contributed by atoms with Gasteiger partial charge < -0.3 is 4.90 Å². The van der Waals surface area contributed by atoms with Gasteiger partial charge in [-0.05, 0) is 43.5 Å². The van der Waals surface area contributed by atoms with Crippen molar-refractivity contribution in [1.82, 2.24) is 19.9 Å². The maximum atomic E-state index is 12.3. The molecule has 2 heterocycles. The Bertz CT molecular complexity index is 602. The summed E-state index contributed by atoms with van der Waals surface area (Å²) in [5.74, 6) is -0.0371. The number of benzene rings is 1. The number of rotatable bonds is 2. The first kappa shape index (κ1) is 13.1. The van der Waals surface area contributed by atoms with Crippen molar-refractivity contribution in [2.24, 2.45) is 0 Å². The van der Waals surface area contributed by atoms with Crippen LogP contribution in [0.15, 0.2) is 30.5 Å². The molecule has 1 fully saturated rings. The quantitative estimate of drug-likeness (QED) is 0.854. The highest BCUT2D eigenvalue weighted by Crippen LogP contribution is 2.15. The topological polar surface area (TPSA) is 51.0 Å². The van der Waals surface area contributed by atoms with E-state index in [4.69, 9.17) is 11.6 Å². The van der Waals surface area contributed by atoms with E-state index < -0.39 is 0 Å². The van der Waals surface area contributed by atoms with Crippen molar-refractivity contribution in [1.29, 1.82) is 0 Å². The Morgan fingerprint density at radius 3 is 2.50 bits per heavy atom. The van der Waals surface area contributed by atoms with Crippen LogP contribution in [0.4, 0.5) is 0 Å². The molecule has 0 N–H and O–H groups in total. The van der Waals surface area contributed by atoms with Gasteiger partial charge in [0.25, 0.3) is 5.91 Å². The molecule has 0 unspecified atom stereocenters. The van der Waals surface area contributed by atoms with Crippen molar-refractivity contribution in [3.8, 4) is 5.69 Å². The number of piperidine rings is 1. The molecule has 0 spiro atoms. The van der Waals surface area contributed by atoms with E-state index >= 15 is 0 Å². The van der Waals surface area contributed by atoms with Gasteiger partial charge in [-0.1, -0.05) is 16.8 Å². The summed E-state index contributed by atoms with van der Waals surface area (Å²) >= 11 is 5.85. The predicted molar refractivity (Wildman–Crippen MR) is 76.1 cm³/mol. The highest BCUT2D eigenvalue weighted by molar-refractivity contribution is 6.30. The largest absolute Gasteiger partial charge is 0.337 e. The summed E-state index contributed by atoms with van der Waals surface area (Å²) < 4.78 is 1.59. The highest BCUT2D eigenvalue weighted by atomic mass is 35.5. The summed E-state index contributed by atoms with van der Waals surface area (Å²) in [4.78, 5) is 14.1. The van der Waals surface area contributed by atoms with Crippen molar-refractivity contribution in [2.45, 2.75) is 19.3 Å². The van der Waals surface area contributed by atoms with Gasteiger partial charge in [-0.25, -0.2) is 4.68 Å². The predicted octanol–water partition coefficient (Wildman–Crippen LogP) is 2.55. The Morgan fingerprint density at radius 1 is 1.10 bits per heavy atom. The van der Waals surface area contributed by atoms with Gasteiger partial charge in [0, 0.05) is 18.1 Å². The van der Waals surface area contributed by atoms with Crippen LogP contribution in [-0.4, -0.2) is 38.9 Å². The van der Waals surface area contributed by atoms with E-state index in [2.05, 4.69) is 10.3 Å². The first-order valence-electron chi connectivity index (χ1n) is 6.71. The molecule has 2 aromatic rings. The van der Waals surface area contributed by atoms with Crippen molar-refractivity contribution >= 4 is 17.5 Å². The van der Waals surface area contributed by atoms with Gasteiger partial charge in [0.05, 0.1) is 11.9 Å². The number of amides is 1. The van der Waals surface area contributed by atoms with Gasteiger partial charge in [-0.15, -0.1) is 5.10 Å². The lowest BCUT2D eigenvalue weighted by molar-refractivity contribution is 0.0718. The smallest absolute Gasteiger partial charge is 0.276 e. The summed E-state index contributed by atoms with van der Waals surface area (Å²) in [6.07, 6.45) is 5.00. The monoisotopic (exact) mass is 290 g/mol. The molecule has 3 rings (SSSR count). The zero-order valence-electron chi connectivity index (χ0n) is 11.0. The van der Waals surface area contributed by atoms with Gasteiger partial charge in [-0.2, -0.15) is 0 Å². The summed E-state index contributed by atoms with van der Waals surface area (Å²) in [6, 6.07) is 7.24. The van der Waals surface area contributed by atoms with Crippen LogP contribution >= 0.6 is 11.6 Å². The molecule has 0 radical (unpaired) electrons. The van der Waals surface area contributed by atoms with Crippen molar-refractivity contribution < 1.29 is 4.79 Å². The first-order valence-corrected chi connectivity index (χ1v) is 7.09. The number of hydrogen-bond acceptors (Lipinski definition) is 3. The average molecular weight is 291 g/mol. The van der Waals surface area contributed by atoms with Gasteiger partial charge in [0.15, 0.2) is 5.69 Å². The number of aromatic nitrogens is 3. The second-order valence-electron chi connectivity index (χ2n) is 4.88. The fourth-order valence-electron chi connectivity index (χ4n) is 2.34. The first-order chi connectivity index (χ1) is 9.74. The van der Waals surface area contributed by atoms with Crippen LogP contribution in [0.5, 0.6) is 0 Å². The van der Waals surface area contributed by atoms with Crippen LogP contribution in [-0.2, 0) is 0 Å². The van der Waals surface area contributed by atoms with Crippen LogP contribution in [0, 0.1) is 0 Å². The lowest BCUT2D eigenvalue weighted by Crippen LogP contribution is -2.35. The number of carbonyl (C=O) groups is 1. The number of nitrogens with zero attached hydrogens (tertiary/aromatic N) is 4. The zero-order chi connectivity index (χ0) is 13.9. The molecular formula is C14H15ClN4O. The fourth-order valence-corrected chi connectivity index (χ4v) is 2.47. The summed E-state index contributed by atoms with van der Waals surface area (Å²) in [7, 11) is 0. The molecule has 0 saturated carbocycles. The molecule has 1 aliphatic heterocycles. The lowest BCUT2D eigenvalue weighted by atomic mass is 10.1. The van der Waals surface area contributed by atoms with Crippen molar-refractivity contribution in [2.75, 3.05) is 13.1 Å². The van der Waals surface area contributed by atoms with E-state index in [0.29, 0.717) is 10.7 Å². The number of likely N-dealkylation sites (tertiary alicyclic amines) is 1. The van der Waals surface area contributed by atoms with Crippen LogP contribution in [0.3, 0.4) is 0 Å². The van der Waals surface area contributed by atoms with Crippen LogP contribution in [0.1, 0.15) is 29.8 Å². The molecule has 0 atom stereocenters. The van der Waals surface area contributed by atoms with E-state index in [1.165, 1.54) is 6.42 Å². The third-order valence-corrected chi connectivity index (χ3v) is 3.70. The minimum Gasteiger partial charge on any atom is -0.337 e. The van der Waals surface area contributed by atoms with Crippen LogP contribution in [0.2, 0.25) is 5.02 Å². The van der Waals surface area contributed by atoms with Crippen LogP contribution < -0.4 is 0 Å². The summed E-state index contributed by atoms with van der Waals surface area (Å²) in [5.41, 5.74) is 1.22. The standard InChI is InChI=1S/C14H15ClN4O/c15-11-4-6-12(7-5-11)19-10-13(16-17-19)14(20)18-8-2-1-3-9-18/h4-7,10H,1-3,8-9H2. The minimum atomic E-state index is -0.0371. The molecule has 6 heteroatoms. The molecule has 1 aromatic heterocycles. The van der Waals surface area contributed by atoms with E-state index in [0.717, 1.165) is 31.6 Å². The number of hydrogen-bond donors (Lipinski definition) is 0. The molecule has 1 amide bonds. The molecule has 1 aliphatic rings. The minimum absolute atomic E-state index is 0.0371. The number of halogens is 1. The Labute approximate surface area is 122 Å². The van der Waals surface area contributed by atoms with Gasteiger partial charge in [0.2, 0.25) is 0 Å². The third-order valence-electron chi connectivity index (χ3n) is 3.45. The Balaban J connectivity index is 1.79. The number of carbonyl (C=O) groups excluding carboxylic acids is 1. The Hall–Kier alpha value is -1.88. The van der Waals surface area contributed by atoms with Gasteiger partial charge in [-0.3, -0.25) is 4.79 Å². The van der Waals surface area contributed by atoms with Gasteiger partial charge in [0.1, 0.15) is 0 Å². The molecule has 5 nitrogen and oxygen atoms in total. The van der Waals surface area contributed by atoms with E-state index in [9.17, 15) is 4.79 Å². The molecular weight excluding hydrogens is 276 g/mol. The zero-order valence-corrected chi connectivity index (χ0v) is 11.8. The molecule has 0 aliphatic carbocycles. The maximum absolute atomic E-state index is 12.3. The van der Waals surface area contributed by atoms with Crippen molar-refractivity contribution in [3.63, 3.8) is 0 Å². The molecule has 1 saturated heterocycles. The van der Waals surface area contributed by atoms with E-state index in [1.54, 1.807) is 23.0 Å². The molecule has 0 bridgehead atoms. The highest BCUT2D eigenvalue weighted by Gasteiger charge is 2.20. The summed E-state index contributed by atoms with van der Waals surface area (Å²) in [5, 5.41) is 8.65. The van der Waals surface area contributed by atoms with Crippen molar-refractivity contribution in [3.05, 3.63) is 41.2 Å². The van der Waals surface area contributed by atoms with Gasteiger partial charge >= 0.3 is 0 Å². The maximum Gasteiger partial charge on any atom is 0.276 e. The lowest BCUT2D eigenvalue weighted by Gasteiger charge is -2.25. The average Bonchev–Trinajstić information content (AvgIpc) is 2.98. The second kappa shape index (κ2) is 5.63. The molecule has 20 heavy (non-hydrogen) atoms. The molecule has 104 valence electrons. The van der Waals surface area contributed by atoms with E-state index in [-0.39, 0.29) is 5.91 Å². The summed E-state index contributed by atoms with van der Waals surface area (Å²) in [6.45, 7) is 1.62. The second-order valence-corrected chi connectivity index (χ2v) is 5.31. The fraction of sp³-hybridized carbons (Fsp3) is 0.357. The third kappa shape index (κ3) is 2.67. The SMILES string of the molecule is O=C(c1cn(-c2ccc(Cl)cc2)nn1)N1CCCCC1. The Kier molecular flexibility index (Phi) is 3.69. The van der Waals surface area contributed by atoms with Crippen LogP contribution in [0.25, 0.3) is 5.69 Å². The normalized spacial score (nSPS) is 15.3.